The van der Waals surface area contributed by atoms with Gasteiger partial charge >= 0.3 is 5.97 Å². The predicted octanol–water partition coefficient (Wildman–Crippen LogP) is 3.56. The van der Waals surface area contributed by atoms with Crippen LogP contribution in [0.2, 0.25) is 0 Å². The number of hydrogen-bond acceptors (Lipinski definition) is 4. The number of nitrogens with zero attached hydrogens (tertiary/aromatic N) is 2. The van der Waals surface area contributed by atoms with Gasteiger partial charge in [-0.2, -0.15) is 0 Å². The Bertz CT molecular complexity index is 666. The van der Waals surface area contributed by atoms with E-state index < -0.39 is 5.97 Å². The number of hydrogen-bond donors (Lipinski definition) is 1. The minimum absolute atomic E-state index is 0.165. The lowest BCUT2D eigenvalue weighted by atomic mass is 9.95. The molecule has 100 valence electrons. The summed E-state index contributed by atoms with van der Waals surface area (Å²) in [4.78, 5) is 21.2. The van der Waals surface area contributed by atoms with Crippen molar-refractivity contribution in [3.8, 4) is 0 Å². The van der Waals surface area contributed by atoms with Gasteiger partial charge in [-0.25, -0.2) is 14.8 Å². The zero-order chi connectivity index (χ0) is 13.8. The highest BCUT2D eigenvalue weighted by atomic mass is 32.1. The Morgan fingerprint density at radius 1 is 1.37 bits per heavy atom. The van der Waals surface area contributed by atoms with Crippen molar-refractivity contribution in [2.75, 3.05) is 0 Å². The molecule has 2 aromatic heterocycles. The van der Waals surface area contributed by atoms with Crippen molar-refractivity contribution in [1.82, 2.24) is 9.97 Å². The summed E-state index contributed by atoms with van der Waals surface area (Å²) in [6.07, 6.45) is 2.29. The molecular weight excluding hydrogens is 260 g/mol. The van der Waals surface area contributed by atoms with E-state index in [0.29, 0.717) is 11.7 Å². The molecule has 1 fully saturated rings. The van der Waals surface area contributed by atoms with E-state index in [9.17, 15) is 9.90 Å². The first-order valence-electron chi connectivity index (χ1n) is 6.41. The van der Waals surface area contributed by atoms with Crippen LogP contribution in [-0.2, 0) is 5.41 Å². The largest absolute Gasteiger partial charge is 0.476 e. The summed E-state index contributed by atoms with van der Waals surface area (Å²) < 4.78 is 0. The van der Waals surface area contributed by atoms with Crippen molar-refractivity contribution in [1.29, 1.82) is 0 Å². The van der Waals surface area contributed by atoms with Crippen LogP contribution in [0.1, 0.15) is 61.4 Å². The van der Waals surface area contributed by atoms with Crippen molar-refractivity contribution in [3.05, 3.63) is 22.5 Å². The van der Waals surface area contributed by atoms with Crippen LogP contribution in [0, 0.1) is 0 Å². The fourth-order valence-corrected chi connectivity index (χ4v) is 3.17. The van der Waals surface area contributed by atoms with Crippen molar-refractivity contribution in [3.63, 3.8) is 0 Å². The maximum absolute atomic E-state index is 11.5. The first-order valence-corrected chi connectivity index (χ1v) is 7.29. The summed E-state index contributed by atoms with van der Waals surface area (Å²) in [5.74, 6) is 0.149. The van der Waals surface area contributed by atoms with Gasteiger partial charge in [-0.15, -0.1) is 11.3 Å². The van der Waals surface area contributed by atoms with Crippen LogP contribution in [-0.4, -0.2) is 21.0 Å². The van der Waals surface area contributed by atoms with Gasteiger partial charge in [-0.3, -0.25) is 0 Å². The molecule has 2 heterocycles. The number of carboxylic acid groups (broad SMARTS) is 1. The Morgan fingerprint density at radius 3 is 2.58 bits per heavy atom. The SMILES string of the molecule is CC(C)(C)c1nc(C(=O)O)c2c(C3CC3)csc2n1. The van der Waals surface area contributed by atoms with Crippen LogP contribution in [0.4, 0.5) is 0 Å². The molecule has 0 atom stereocenters. The van der Waals surface area contributed by atoms with Gasteiger partial charge in [-0.1, -0.05) is 20.8 Å². The average molecular weight is 276 g/mol. The molecular formula is C14H16N2O2S. The Balaban J connectivity index is 2.29. The molecule has 1 aliphatic carbocycles. The fraction of sp³-hybridized carbons (Fsp3) is 0.500. The summed E-state index contributed by atoms with van der Waals surface area (Å²) in [5, 5.41) is 12.2. The molecule has 2 aromatic rings. The normalized spacial score (nSPS) is 15.9. The molecule has 0 radical (unpaired) electrons. The lowest BCUT2D eigenvalue weighted by molar-refractivity contribution is 0.0692. The molecule has 0 aliphatic heterocycles. The lowest BCUT2D eigenvalue weighted by Crippen LogP contribution is -2.18. The molecule has 0 spiro atoms. The highest BCUT2D eigenvalue weighted by Gasteiger charge is 2.31. The first-order chi connectivity index (χ1) is 8.88. The molecule has 0 amide bonds. The van der Waals surface area contributed by atoms with Crippen molar-refractivity contribution < 1.29 is 9.90 Å². The van der Waals surface area contributed by atoms with E-state index in [4.69, 9.17) is 0 Å². The molecule has 1 N–H and O–H groups in total. The standard InChI is InChI=1S/C14H16N2O2S/c1-14(2,3)13-15-10(12(17)18)9-8(7-4-5-7)6-19-11(9)16-13/h6-7H,4-5H2,1-3H3,(H,17,18). The summed E-state index contributed by atoms with van der Waals surface area (Å²) in [5.41, 5.74) is 1.04. The minimum Gasteiger partial charge on any atom is -0.476 e. The summed E-state index contributed by atoms with van der Waals surface area (Å²) in [6, 6.07) is 0. The third-order valence-electron chi connectivity index (χ3n) is 3.35. The number of fused-ring (bicyclic) bond motifs is 1. The second-order valence-electron chi connectivity index (χ2n) is 6.10. The van der Waals surface area contributed by atoms with E-state index in [0.717, 1.165) is 28.6 Å². The van der Waals surface area contributed by atoms with Gasteiger partial charge in [0.25, 0.3) is 0 Å². The number of thiophene rings is 1. The Hall–Kier alpha value is -1.49. The number of carboxylic acids is 1. The molecule has 19 heavy (non-hydrogen) atoms. The molecule has 5 heteroatoms. The Labute approximate surface area is 115 Å². The van der Waals surface area contributed by atoms with Gasteiger partial charge in [0.2, 0.25) is 0 Å². The topological polar surface area (TPSA) is 63.1 Å². The molecule has 0 bridgehead atoms. The van der Waals surface area contributed by atoms with E-state index in [1.54, 1.807) is 0 Å². The number of carbonyl (C=O) groups is 1. The lowest BCUT2D eigenvalue weighted by Gasteiger charge is -2.17. The summed E-state index contributed by atoms with van der Waals surface area (Å²) in [7, 11) is 0. The first kappa shape index (κ1) is 12.5. The van der Waals surface area contributed by atoms with Crippen molar-refractivity contribution >= 4 is 27.5 Å². The van der Waals surface area contributed by atoms with E-state index in [1.165, 1.54) is 11.3 Å². The van der Waals surface area contributed by atoms with Crippen LogP contribution in [0.5, 0.6) is 0 Å². The second-order valence-corrected chi connectivity index (χ2v) is 6.95. The van der Waals surface area contributed by atoms with Gasteiger partial charge in [0.15, 0.2) is 5.69 Å². The molecule has 3 rings (SSSR count). The average Bonchev–Trinajstić information content (AvgIpc) is 3.06. The monoisotopic (exact) mass is 276 g/mol. The van der Waals surface area contributed by atoms with E-state index in [-0.39, 0.29) is 11.1 Å². The van der Waals surface area contributed by atoms with E-state index in [2.05, 4.69) is 15.3 Å². The van der Waals surface area contributed by atoms with Gasteiger partial charge in [0, 0.05) is 10.8 Å². The molecule has 4 nitrogen and oxygen atoms in total. The number of aromatic carboxylic acids is 1. The second kappa shape index (κ2) is 4.00. The minimum atomic E-state index is -0.960. The van der Waals surface area contributed by atoms with Gasteiger partial charge < -0.3 is 5.11 Å². The molecule has 1 saturated carbocycles. The number of rotatable bonds is 2. The third kappa shape index (κ3) is 2.12. The maximum atomic E-state index is 11.5. The predicted molar refractivity (Wildman–Crippen MR) is 75.0 cm³/mol. The Morgan fingerprint density at radius 2 is 2.05 bits per heavy atom. The zero-order valence-corrected chi connectivity index (χ0v) is 12.0. The fourth-order valence-electron chi connectivity index (χ4n) is 2.15. The van der Waals surface area contributed by atoms with Crippen molar-refractivity contribution in [2.24, 2.45) is 0 Å². The molecule has 0 saturated heterocycles. The third-order valence-corrected chi connectivity index (χ3v) is 4.24. The maximum Gasteiger partial charge on any atom is 0.355 e. The van der Waals surface area contributed by atoms with Crippen LogP contribution >= 0.6 is 11.3 Å². The molecule has 0 aromatic carbocycles. The van der Waals surface area contributed by atoms with Gasteiger partial charge in [0.05, 0.1) is 0 Å². The van der Waals surface area contributed by atoms with Crippen LogP contribution in [0.15, 0.2) is 5.38 Å². The van der Waals surface area contributed by atoms with Gasteiger partial charge in [0.1, 0.15) is 10.7 Å². The quantitative estimate of drug-likeness (QED) is 0.910. The zero-order valence-electron chi connectivity index (χ0n) is 11.2. The summed E-state index contributed by atoms with van der Waals surface area (Å²) in [6.45, 7) is 5.99. The van der Waals surface area contributed by atoms with Crippen molar-refractivity contribution in [2.45, 2.75) is 44.9 Å². The van der Waals surface area contributed by atoms with Crippen LogP contribution in [0.25, 0.3) is 10.2 Å². The van der Waals surface area contributed by atoms with Gasteiger partial charge in [-0.05, 0) is 29.7 Å². The van der Waals surface area contributed by atoms with Crippen LogP contribution < -0.4 is 0 Å². The highest BCUT2D eigenvalue weighted by molar-refractivity contribution is 7.17. The van der Waals surface area contributed by atoms with Crippen LogP contribution in [0.3, 0.4) is 0 Å². The van der Waals surface area contributed by atoms with E-state index >= 15 is 0 Å². The molecule has 1 aliphatic rings. The summed E-state index contributed by atoms with van der Waals surface area (Å²) >= 11 is 1.53. The smallest absolute Gasteiger partial charge is 0.355 e. The highest BCUT2D eigenvalue weighted by Crippen LogP contribution is 2.45. The number of aromatic nitrogens is 2. The molecule has 0 unspecified atom stereocenters. The Kier molecular flexibility index (Phi) is 2.64. The van der Waals surface area contributed by atoms with E-state index in [1.807, 2.05) is 20.8 Å².